The molecular weight excluding hydrogens is 264 g/mol. The molecule has 1 aromatic rings. The third kappa shape index (κ3) is 3.53. The van der Waals surface area contributed by atoms with Gasteiger partial charge >= 0.3 is 5.69 Å². The molecule has 0 aliphatic rings. The molecule has 0 radical (unpaired) electrons. The highest BCUT2D eigenvalue weighted by molar-refractivity contribution is 5.82. The third-order valence-electron chi connectivity index (χ3n) is 2.63. The van der Waals surface area contributed by atoms with Gasteiger partial charge in [-0.1, -0.05) is 0 Å². The number of aryl methyl sites for hydroxylation is 1. The van der Waals surface area contributed by atoms with Gasteiger partial charge in [0, 0.05) is 13.1 Å². The molecule has 0 atom stereocenters. The summed E-state index contributed by atoms with van der Waals surface area (Å²) in [4.78, 5) is 31.4. The third-order valence-corrected chi connectivity index (χ3v) is 2.63. The predicted molar refractivity (Wildman–Crippen MR) is 74.4 cm³/mol. The van der Waals surface area contributed by atoms with E-state index in [-0.39, 0.29) is 35.6 Å². The molecule has 1 aromatic heterocycles. The smallest absolute Gasteiger partial charge is 0.332 e. The molecule has 0 saturated heterocycles. The first-order valence-electron chi connectivity index (χ1n) is 6.20. The largest absolute Gasteiger partial charge is 0.368 e. The summed E-state index contributed by atoms with van der Waals surface area (Å²) in [5, 5.41) is 13.8. The maximum absolute atomic E-state index is 11.6. The number of nitrogen functional groups attached to an aromatic ring is 1. The fraction of sp³-hybridized carbons (Fsp3) is 0.545. The standard InChI is InChI=1S/C11H18N6O3/c1-4-13-8(18)6-16(5-2)10-9(17(19)20)7(3)14-11(12)15-10/h4-6H2,1-3H3,(H,13,18)(H2,12,14,15). The number of anilines is 2. The van der Waals surface area contributed by atoms with E-state index in [0.717, 1.165) is 0 Å². The Morgan fingerprint density at radius 3 is 2.60 bits per heavy atom. The van der Waals surface area contributed by atoms with Crippen molar-refractivity contribution in [3.63, 3.8) is 0 Å². The molecule has 0 fully saturated rings. The van der Waals surface area contributed by atoms with E-state index in [1.165, 1.54) is 11.8 Å². The molecule has 9 heteroatoms. The van der Waals surface area contributed by atoms with Crippen LogP contribution in [0.15, 0.2) is 0 Å². The highest BCUT2D eigenvalue weighted by Crippen LogP contribution is 2.28. The number of hydrogen-bond donors (Lipinski definition) is 2. The van der Waals surface area contributed by atoms with Crippen molar-refractivity contribution in [1.82, 2.24) is 15.3 Å². The number of aromatic nitrogens is 2. The van der Waals surface area contributed by atoms with E-state index in [9.17, 15) is 14.9 Å². The Labute approximate surface area is 116 Å². The van der Waals surface area contributed by atoms with Gasteiger partial charge in [0.05, 0.1) is 11.5 Å². The van der Waals surface area contributed by atoms with E-state index in [1.807, 2.05) is 0 Å². The molecule has 110 valence electrons. The number of rotatable bonds is 6. The lowest BCUT2D eigenvalue weighted by Crippen LogP contribution is -2.38. The van der Waals surface area contributed by atoms with Crippen molar-refractivity contribution in [3.8, 4) is 0 Å². The van der Waals surface area contributed by atoms with Crippen LogP contribution < -0.4 is 16.0 Å². The van der Waals surface area contributed by atoms with Gasteiger partial charge in [0.15, 0.2) is 0 Å². The minimum absolute atomic E-state index is 0.0267. The number of carbonyl (C=O) groups excluding carboxylic acids is 1. The number of amides is 1. The van der Waals surface area contributed by atoms with Crippen LogP contribution in [0.2, 0.25) is 0 Å². The van der Waals surface area contributed by atoms with Crippen molar-refractivity contribution in [2.75, 3.05) is 30.3 Å². The lowest BCUT2D eigenvalue weighted by atomic mass is 10.3. The first kappa shape index (κ1) is 15.6. The number of nitrogens with zero attached hydrogens (tertiary/aromatic N) is 4. The Balaban J connectivity index is 3.20. The summed E-state index contributed by atoms with van der Waals surface area (Å²) in [7, 11) is 0. The number of carbonyl (C=O) groups is 1. The van der Waals surface area contributed by atoms with Gasteiger partial charge in [0.2, 0.25) is 17.7 Å². The van der Waals surface area contributed by atoms with Crippen molar-refractivity contribution in [3.05, 3.63) is 15.8 Å². The van der Waals surface area contributed by atoms with Crippen LogP contribution in [0.5, 0.6) is 0 Å². The van der Waals surface area contributed by atoms with Gasteiger partial charge in [-0.3, -0.25) is 14.9 Å². The van der Waals surface area contributed by atoms with E-state index in [2.05, 4.69) is 15.3 Å². The summed E-state index contributed by atoms with van der Waals surface area (Å²) in [5.74, 6) is -0.232. The van der Waals surface area contributed by atoms with Gasteiger partial charge in [-0.2, -0.15) is 4.98 Å². The number of nitro groups is 1. The molecular formula is C11H18N6O3. The summed E-state index contributed by atoms with van der Waals surface area (Å²) in [6.07, 6.45) is 0. The Morgan fingerprint density at radius 1 is 1.45 bits per heavy atom. The maximum Gasteiger partial charge on any atom is 0.332 e. The predicted octanol–water partition coefficient (Wildman–Crippen LogP) is 0.238. The second kappa shape index (κ2) is 6.64. The summed E-state index contributed by atoms with van der Waals surface area (Å²) < 4.78 is 0. The molecule has 0 aliphatic carbocycles. The van der Waals surface area contributed by atoms with E-state index in [4.69, 9.17) is 5.73 Å². The molecule has 0 aliphatic heterocycles. The van der Waals surface area contributed by atoms with Gasteiger partial charge < -0.3 is 16.0 Å². The molecule has 0 spiro atoms. The average Bonchev–Trinajstić information content (AvgIpc) is 2.34. The van der Waals surface area contributed by atoms with E-state index >= 15 is 0 Å². The lowest BCUT2D eigenvalue weighted by molar-refractivity contribution is -0.385. The molecule has 0 saturated carbocycles. The minimum atomic E-state index is -0.565. The van der Waals surface area contributed by atoms with Crippen LogP contribution in [0.4, 0.5) is 17.5 Å². The van der Waals surface area contributed by atoms with Gasteiger partial charge in [-0.05, 0) is 20.8 Å². The number of hydrogen-bond acceptors (Lipinski definition) is 7. The van der Waals surface area contributed by atoms with Gasteiger partial charge in [0.1, 0.15) is 5.69 Å². The van der Waals surface area contributed by atoms with Crippen LogP contribution in [-0.2, 0) is 4.79 Å². The quantitative estimate of drug-likeness (QED) is 0.565. The van der Waals surface area contributed by atoms with Crippen molar-refractivity contribution in [1.29, 1.82) is 0 Å². The zero-order valence-corrected chi connectivity index (χ0v) is 11.7. The molecule has 0 unspecified atom stereocenters. The van der Waals surface area contributed by atoms with Crippen LogP contribution in [0.3, 0.4) is 0 Å². The summed E-state index contributed by atoms with van der Waals surface area (Å²) in [6, 6.07) is 0. The van der Waals surface area contributed by atoms with E-state index < -0.39 is 4.92 Å². The van der Waals surface area contributed by atoms with Gasteiger partial charge in [0.25, 0.3) is 0 Å². The van der Waals surface area contributed by atoms with Crippen LogP contribution >= 0.6 is 0 Å². The molecule has 1 amide bonds. The van der Waals surface area contributed by atoms with Crippen LogP contribution in [0.1, 0.15) is 19.5 Å². The number of nitrogens with two attached hydrogens (primary N) is 1. The second-order valence-electron chi connectivity index (χ2n) is 4.06. The molecule has 0 bridgehead atoms. The van der Waals surface area contributed by atoms with Crippen molar-refractivity contribution >= 4 is 23.4 Å². The summed E-state index contributed by atoms with van der Waals surface area (Å²) in [6.45, 7) is 5.90. The Bertz CT molecular complexity index is 519. The minimum Gasteiger partial charge on any atom is -0.368 e. The van der Waals surface area contributed by atoms with E-state index in [1.54, 1.807) is 13.8 Å². The zero-order chi connectivity index (χ0) is 15.3. The number of nitrogens with one attached hydrogen (secondary N) is 1. The van der Waals surface area contributed by atoms with Crippen molar-refractivity contribution in [2.24, 2.45) is 0 Å². The normalized spacial score (nSPS) is 10.2. The molecule has 1 heterocycles. The average molecular weight is 282 g/mol. The Hall–Kier alpha value is -2.45. The fourth-order valence-electron chi connectivity index (χ4n) is 1.77. The van der Waals surface area contributed by atoms with Crippen molar-refractivity contribution in [2.45, 2.75) is 20.8 Å². The summed E-state index contributed by atoms with van der Waals surface area (Å²) in [5.41, 5.74) is 5.48. The maximum atomic E-state index is 11.6. The van der Waals surface area contributed by atoms with Gasteiger partial charge in [-0.15, -0.1) is 0 Å². The zero-order valence-electron chi connectivity index (χ0n) is 11.7. The molecule has 9 nitrogen and oxygen atoms in total. The van der Waals surface area contributed by atoms with Crippen LogP contribution in [-0.4, -0.2) is 40.4 Å². The first-order chi connectivity index (χ1) is 9.40. The highest BCUT2D eigenvalue weighted by atomic mass is 16.6. The second-order valence-corrected chi connectivity index (χ2v) is 4.06. The van der Waals surface area contributed by atoms with Crippen LogP contribution in [0, 0.1) is 17.0 Å². The molecule has 1 rings (SSSR count). The Kier molecular flexibility index (Phi) is 5.18. The van der Waals surface area contributed by atoms with Gasteiger partial charge in [-0.25, -0.2) is 4.98 Å². The SMILES string of the molecule is CCNC(=O)CN(CC)c1nc(N)nc(C)c1[N+](=O)[O-]. The first-order valence-corrected chi connectivity index (χ1v) is 6.20. The monoisotopic (exact) mass is 282 g/mol. The lowest BCUT2D eigenvalue weighted by Gasteiger charge is -2.21. The van der Waals surface area contributed by atoms with Crippen molar-refractivity contribution < 1.29 is 9.72 Å². The van der Waals surface area contributed by atoms with E-state index in [0.29, 0.717) is 13.1 Å². The van der Waals surface area contributed by atoms with Crippen LogP contribution in [0.25, 0.3) is 0 Å². The fourth-order valence-corrected chi connectivity index (χ4v) is 1.77. The highest BCUT2D eigenvalue weighted by Gasteiger charge is 2.26. The number of likely N-dealkylation sites (N-methyl/N-ethyl adjacent to an activating group) is 2. The topological polar surface area (TPSA) is 127 Å². The molecule has 3 N–H and O–H groups in total. The molecule has 0 aromatic carbocycles. The Morgan fingerprint density at radius 2 is 2.10 bits per heavy atom. The summed E-state index contributed by atoms with van der Waals surface area (Å²) >= 11 is 0. The molecule has 20 heavy (non-hydrogen) atoms.